The number of ether oxygens (including phenoxy) is 1. The van der Waals surface area contributed by atoms with Crippen molar-refractivity contribution >= 4 is 0 Å². The van der Waals surface area contributed by atoms with Gasteiger partial charge in [-0.1, -0.05) is 44.2 Å². The van der Waals surface area contributed by atoms with Crippen molar-refractivity contribution in [2.24, 2.45) is 0 Å². The van der Waals surface area contributed by atoms with Crippen LogP contribution in [0.4, 0.5) is 0 Å². The van der Waals surface area contributed by atoms with Crippen LogP contribution in [0.15, 0.2) is 36.9 Å². The first kappa shape index (κ1) is 13.9. The predicted molar refractivity (Wildman–Crippen MR) is 72.9 cm³/mol. The lowest BCUT2D eigenvalue weighted by molar-refractivity contribution is 0.124. The van der Waals surface area contributed by atoms with Crippen molar-refractivity contribution in [3.63, 3.8) is 0 Å². The largest absolute Gasteiger partial charge is 0.376 e. The molecular weight excluding hydrogens is 210 g/mol. The van der Waals surface area contributed by atoms with Gasteiger partial charge in [0.2, 0.25) is 0 Å². The highest BCUT2D eigenvalue weighted by molar-refractivity contribution is 5.26. The van der Waals surface area contributed by atoms with Crippen molar-refractivity contribution in [3.8, 4) is 0 Å². The van der Waals surface area contributed by atoms with E-state index in [1.54, 1.807) is 0 Å². The van der Waals surface area contributed by atoms with Crippen LogP contribution < -0.4 is 5.32 Å². The first-order valence-electron chi connectivity index (χ1n) is 6.23. The molecule has 1 N–H and O–H groups in total. The van der Waals surface area contributed by atoms with Crippen LogP contribution in [0.2, 0.25) is 0 Å². The molecule has 1 aromatic carbocycles. The van der Waals surface area contributed by atoms with Crippen molar-refractivity contribution < 1.29 is 4.74 Å². The van der Waals surface area contributed by atoms with Gasteiger partial charge in [-0.3, -0.25) is 0 Å². The summed E-state index contributed by atoms with van der Waals surface area (Å²) >= 11 is 0. The molecule has 0 aromatic heterocycles. The van der Waals surface area contributed by atoms with Gasteiger partial charge in [0.05, 0.1) is 13.2 Å². The summed E-state index contributed by atoms with van der Waals surface area (Å²) in [4.78, 5) is 0. The molecule has 1 aromatic rings. The smallest absolute Gasteiger partial charge is 0.0720 e. The van der Waals surface area contributed by atoms with Crippen molar-refractivity contribution in [1.82, 2.24) is 5.32 Å². The van der Waals surface area contributed by atoms with Crippen molar-refractivity contribution in [1.29, 1.82) is 0 Å². The van der Waals surface area contributed by atoms with Crippen LogP contribution in [-0.2, 0) is 17.9 Å². The maximum Gasteiger partial charge on any atom is 0.0720 e. The van der Waals surface area contributed by atoms with Gasteiger partial charge in [-0.15, -0.1) is 6.58 Å². The molecule has 0 atom stereocenters. The quantitative estimate of drug-likeness (QED) is 0.549. The molecule has 0 saturated heterocycles. The molecule has 2 heteroatoms. The summed E-state index contributed by atoms with van der Waals surface area (Å²) in [5.41, 5.74) is 2.59. The van der Waals surface area contributed by atoms with E-state index < -0.39 is 0 Å². The second-order valence-corrected chi connectivity index (χ2v) is 4.43. The molecule has 1 rings (SSSR count). The summed E-state index contributed by atoms with van der Waals surface area (Å²) in [5.74, 6) is 0. The summed E-state index contributed by atoms with van der Waals surface area (Å²) in [6, 6.07) is 8.92. The second kappa shape index (κ2) is 8.04. The van der Waals surface area contributed by atoms with Gasteiger partial charge in [0.1, 0.15) is 0 Å². The first-order valence-corrected chi connectivity index (χ1v) is 6.23. The molecule has 94 valence electrons. The third kappa shape index (κ3) is 5.66. The first-order chi connectivity index (χ1) is 8.24. The molecule has 0 heterocycles. The molecular formula is C15H23NO. The van der Waals surface area contributed by atoms with E-state index in [1.807, 2.05) is 6.08 Å². The number of rotatable bonds is 8. The normalized spacial score (nSPS) is 10.8. The van der Waals surface area contributed by atoms with Crippen LogP contribution in [0.1, 0.15) is 31.4 Å². The van der Waals surface area contributed by atoms with Crippen LogP contribution >= 0.6 is 0 Å². The molecule has 2 nitrogen and oxygen atoms in total. The van der Waals surface area contributed by atoms with E-state index >= 15 is 0 Å². The summed E-state index contributed by atoms with van der Waals surface area (Å²) in [5, 5.41) is 3.43. The molecule has 0 aliphatic heterocycles. The van der Waals surface area contributed by atoms with E-state index in [1.165, 1.54) is 11.1 Å². The highest BCUT2D eigenvalue weighted by Gasteiger charge is 2.02. The van der Waals surface area contributed by atoms with E-state index in [2.05, 4.69) is 50.0 Å². The highest BCUT2D eigenvalue weighted by atomic mass is 16.5. The van der Waals surface area contributed by atoms with Gasteiger partial charge in [-0.05, 0) is 17.5 Å². The number of nitrogens with one attached hydrogen (secondary N) is 1. The Morgan fingerprint density at radius 2 is 2.00 bits per heavy atom. The van der Waals surface area contributed by atoms with Gasteiger partial charge >= 0.3 is 0 Å². The fraction of sp³-hybridized carbons (Fsp3) is 0.467. The maximum absolute atomic E-state index is 5.61. The minimum absolute atomic E-state index is 0.504. The van der Waals surface area contributed by atoms with Crippen LogP contribution in [0.25, 0.3) is 0 Å². The average Bonchev–Trinajstić information content (AvgIpc) is 2.33. The summed E-state index contributed by atoms with van der Waals surface area (Å²) in [6.07, 6.45) is 2.79. The van der Waals surface area contributed by atoms with Gasteiger partial charge in [0.25, 0.3) is 0 Å². The molecule has 17 heavy (non-hydrogen) atoms. The maximum atomic E-state index is 5.61. The molecule has 0 bridgehead atoms. The van der Waals surface area contributed by atoms with E-state index in [0.717, 1.165) is 19.6 Å². The Hall–Kier alpha value is -1.12. The zero-order chi connectivity index (χ0) is 12.5. The van der Waals surface area contributed by atoms with Gasteiger partial charge < -0.3 is 10.1 Å². The topological polar surface area (TPSA) is 21.3 Å². The molecule has 0 radical (unpaired) electrons. The molecule has 0 aliphatic rings. The van der Waals surface area contributed by atoms with E-state index in [4.69, 9.17) is 4.74 Å². The fourth-order valence-corrected chi connectivity index (χ4v) is 1.53. The molecule has 0 saturated carbocycles. The van der Waals surface area contributed by atoms with Gasteiger partial charge in [-0.25, -0.2) is 0 Å². The predicted octanol–water partition coefficient (Wildman–Crippen LogP) is 3.28. The van der Waals surface area contributed by atoms with E-state index in [0.29, 0.717) is 12.6 Å². The molecule has 0 amide bonds. The number of hydrogen-bond donors (Lipinski definition) is 1. The number of benzene rings is 1. The zero-order valence-corrected chi connectivity index (χ0v) is 10.9. The lowest BCUT2D eigenvalue weighted by Gasteiger charge is -2.12. The second-order valence-electron chi connectivity index (χ2n) is 4.43. The standard InChI is InChI=1S/C15H23NO/c1-4-5-10-17-12-15-9-7-6-8-14(15)11-16-13(2)3/h4,6-9,13,16H,1,5,10-12H2,2-3H3. The molecule has 0 unspecified atom stereocenters. The Morgan fingerprint density at radius 1 is 1.29 bits per heavy atom. The van der Waals surface area contributed by atoms with Gasteiger partial charge in [-0.2, -0.15) is 0 Å². The summed E-state index contributed by atoms with van der Waals surface area (Å²) < 4.78 is 5.61. The Bertz CT molecular complexity index is 333. The van der Waals surface area contributed by atoms with Crippen molar-refractivity contribution in [2.45, 2.75) is 39.5 Å². The monoisotopic (exact) mass is 233 g/mol. The van der Waals surface area contributed by atoms with Crippen LogP contribution in [0.3, 0.4) is 0 Å². The van der Waals surface area contributed by atoms with Gasteiger partial charge in [0.15, 0.2) is 0 Å². The highest BCUT2D eigenvalue weighted by Crippen LogP contribution is 2.10. The van der Waals surface area contributed by atoms with Crippen LogP contribution in [-0.4, -0.2) is 12.6 Å². The van der Waals surface area contributed by atoms with E-state index in [9.17, 15) is 0 Å². The Balaban J connectivity index is 2.48. The third-order valence-corrected chi connectivity index (χ3v) is 2.54. The Morgan fingerprint density at radius 3 is 2.65 bits per heavy atom. The van der Waals surface area contributed by atoms with E-state index in [-0.39, 0.29) is 0 Å². The number of hydrogen-bond acceptors (Lipinski definition) is 2. The van der Waals surface area contributed by atoms with Crippen molar-refractivity contribution in [3.05, 3.63) is 48.0 Å². The van der Waals surface area contributed by atoms with Crippen LogP contribution in [0, 0.1) is 0 Å². The minimum Gasteiger partial charge on any atom is -0.376 e. The SMILES string of the molecule is C=CCCOCc1ccccc1CNC(C)C. The Labute approximate surface area is 105 Å². The lowest BCUT2D eigenvalue weighted by Crippen LogP contribution is -2.22. The zero-order valence-electron chi connectivity index (χ0n) is 10.9. The van der Waals surface area contributed by atoms with Crippen LogP contribution in [0.5, 0.6) is 0 Å². The molecule has 0 spiro atoms. The Kier molecular flexibility index (Phi) is 6.60. The average molecular weight is 233 g/mol. The summed E-state index contributed by atoms with van der Waals surface area (Å²) in [6.45, 7) is 10.3. The molecule has 0 fully saturated rings. The van der Waals surface area contributed by atoms with Gasteiger partial charge in [0, 0.05) is 12.6 Å². The van der Waals surface area contributed by atoms with Crippen molar-refractivity contribution in [2.75, 3.05) is 6.61 Å². The molecule has 0 aliphatic carbocycles. The summed E-state index contributed by atoms with van der Waals surface area (Å²) in [7, 11) is 0. The lowest BCUT2D eigenvalue weighted by atomic mass is 10.1. The minimum atomic E-state index is 0.504. The fourth-order valence-electron chi connectivity index (χ4n) is 1.53. The third-order valence-electron chi connectivity index (χ3n) is 2.54.